The van der Waals surface area contributed by atoms with Gasteiger partial charge in [-0.2, -0.15) is 0 Å². The van der Waals surface area contributed by atoms with Crippen molar-refractivity contribution in [3.05, 3.63) is 58.6 Å². The average Bonchev–Trinajstić information content (AvgIpc) is 2.73. The number of nitrogens with zero attached hydrogens (tertiary/aromatic N) is 2. The van der Waals surface area contributed by atoms with Gasteiger partial charge in [-0.1, -0.05) is 36.2 Å². The summed E-state index contributed by atoms with van der Waals surface area (Å²) in [5.74, 6) is -0.0834. The van der Waals surface area contributed by atoms with Crippen molar-refractivity contribution >= 4 is 52.1 Å². The Kier molecular flexibility index (Phi) is 7.29. The van der Waals surface area contributed by atoms with Crippen molar-refractivity contribution in [2.45, 2.75) is 20.3 Å². The molecule has 1 aliphatic rings. The summed E-state index contributed by atoms with van der Waals surface area (Å²) in [6.45, 7) is 6.67. The minimum absolute atomic E-state index is 0.182. The number of hydrogen-bond acceptors (Lipinski definition) is 4. The molecule has 0 bridgehead atoms. The van der Waals surface area contributed by atoms with Crippen LogP contribution in [0.1, 0.15) is 29.3 Å². The summed E-state index contributed by atoms with van der Waals surface area (Å²) < 4.78 is 0. The van der Waals surface area contributed by atoms with Gasteiger partial charge >= 0.3 is 0 Å². The Bertz CT molecular complexity index is 958. The zero-order valence-electron chi connectivity index (χ0n) is 17.1. The normalized spacial score (nSPS) is 13.7. The Morgan fingerprint density at radius 3 is 2.47 bits per heavy atom. The summed E-state index contributed by atoms with van der Waals surface area (Å²) in [4.78, 5) is 28.2. The first-order valence-electron chi connectivity index (χ1n) is 9.88. The molecule has 1 saturated heterocycles. The lowest BCUT2D eigenvalue weighted by Gasteiger charge is -2.36. The van der Waals surface area contributed by atoms with Crippen LogP contribution in [0.15, 0.2) is 42.5 Å². The lowest BCUT2D eigenvalue weighted by molar-refractivity contribution is -0.131. The van der Waals surface area contributed by atoms with Crippen molar-refractivity contribution < 1.29 is 9.59 Å². The van der Waals surface area contributed by atoms with E-state index < -0.39 is 0 Å². The number of rotatable bonds is 4. The molecular formula is C22H25ClN4O2S. The third kappa shape index (κ3) is 5.49. The topological polar surface area (TPSA) is 64.7 Å². The van der Waals surface area contributed by atoms with Crippen LogP contribution in [-0.2, 0) is 4.79 Å². The van der Waals surface area contributed by atoms with Gasteiger partial charge in [0.15, 0.2) is 5.11 Å². The number of thiocarbonyl (C=S) groups is 1. The van der Waals surface area contributed by atoms with Gasteiger partial charge in [0.2, 0.25) is 5.91 Å². The first-order chi connectivity index (χ1) is 14.4. The van der Waals surface area contributed by atoms with Crippen molar-refractivity contribution in [2.24, 2.45) is 0 Å². The van der Waals surface area contributed by atoms with Crippen molar-refractivity contribution in [2.75, 3.05) is 36.4 Å². The van der Waals surface area contributed by atoms with E-state index in [0.717, 1.165) is 24.3 Å². The molecule has 1 heterocycles. The van der Waals surface area contributed by atoms with Crippen LogP contribution in [0.4, 0.5) is 11.4 Å². The largest absolute Gasteiger partial charge is 0.367 e. The fraction of sp³-hybridized carbons (Fsp3) is 0.318. The molecule has 0 atom stereocenters. The van der Waals surface area contributed by atoms with E-state index in [0.29, 0.717) is 35.8 Å². The summed E-state index contributed by atoms with van der Waals surface area (Å²) >= 11 is 11.8. The fourth-order valence-electron chi connectivity index (χ4n) is 3.39. The monoisotopic (exact) mass is 444 g/mol. The minimum Gasteiger partial charge on any atom is -0.367 e. The zero-order valence-corrected chi connectivity index (χ0v) is 18.6. The van der Waals surface area contributed by atoms with Gasteiger partial charge in [0.1, 0.15) is 0 Å². The molecule has 2 aromatic rings. The van der Waals surface area contributed by atoms with Gasteiger partial charge in [-0.3, -0.25) is 14.9 Å². The molecule has 0 aromatic heterocycles. The second-order valence-corrected chi connectivity index (χ2v) is 7.98. The van der Waals surface area contributed by atoms with Crippen molar-refractivity contribution in [3.8, 4) is 0 Å². The van der Waals surface area contributed by atoms with Gasteiger partial charge in [-0.25, -0.2) is 0 Å². The lowest BCUT2D eigenvalue weighted by Crippen LogP contribution is -2.48. The second-order valence-electron chi connectivity index (χ2n) is 7.17. The number of anilines is 2. The predicted molar refractivity (Wildman–Crippen MR) is 125 cm³/mol. The molecule has 30 heavy (non-hydrogen) atoms. The molecule has 6 nitrogen and oxygen atoms in total. The van der Waals surface area contributed by atoms with Crippen LogP contribution >= 0.6 is 23.8 Å². The number of halogens is 1. The Labute approximate surface area is 187 Å². The Morgan fingerprint density at radius 1 is 1.10 bits per heavy atom. The van der Waals surface area contributed by atoms with Crippen molar-refractivity contribution in [1.82, 2.24) is 10.2 Å². The van der Waals surface area contributed by atoms with Gasteiger partial charge in [0.25, 0.3) is 5.91 Å². The highest BCUT2D eigenvalue weighted by Crippen LogP contribution is 2.29. The van der Waals surface area contributed by atoms with E-state index in [1.807, 2.05) is 43.0 Å². The number of amides is 2. The van der Waals surface area contributed by atoms with E-state index in [4.69, 9.17) is 23.8 Å². The van der Waals surface area contributed by atoms with Crippen LogP contribution < -0.4 is 15.5 Å². The molecule has 0 unspecified atom stereocenters. The molecule has 158 valence electrons. The average molecular weight is 445 g/mol. The first-order valence-corrected chi connectivity index (χ1v) is 10.7. The van der Waals surface area contributed by atoms with Gasteiger partial charge < -0.3 is 15.1 Å². The van der Waals surface area contributed by atoms with Crippen LogP contribution in [0.2, 0.25) is 5.02 Å². The maximum atomic E-state index is 12.3. The summed E-state index contributed by atoms with van der Waals surface area (Å²) in [6.07, 6.45) is 0.529. The smallest absolute Gasteiger partial charge is 0.257 e. The maximum Gasteiger partial charge on any atom is 0.257 e. The molecule has 2 aromatic carbocycles. The summed E-state index contributed by atoms with van der Waals surface area (Å²) in [5, 5.41) is 6.47. The third-order valence-corrected chi connectivity index (χ3v) is 5.50. The van der Waals surface area contributed by atoms with Crippen LogP contribution in [0, 0.1) is 6.92 Å². The molecule has 1 fully saturated rings. The van der Waals surface area contributed by atoms with Gasteiger partial charge in [0, 0.05) is 43.9 Å². The van der Waals surface area contributed by atoms with E-state index in [-0.39, 0.29) is 16.9 Å². The highest BCUT2D eigenvalue weighted by atomic mass is 35.5. The summed E-state index contributed by atoms with van der Waals surface area (Å²) in [7, 11) is 0. The summed E-state index contributed by atoms with van der Waals surface area (Å²) in [6, 6.07) is 12.9. The molecule has 0 aliphatic carbocycles. The highest BCUT2D eigenvalue weighted by Gasteiger charge is 2.21. The van der Waals surface area contributed by atoms with Crippen LogP contribution in [0.3, 0.4) is 0 Å². The lowest BCUT2D eigenvalue weighted by atomic mass is 10.1. The Morgan fingerprint density at radius 2 is 1.83 bits per heavy atom. The van der Waals surface area contributed by atoms with E-state index in [9.17, 15) is 9.59 Å². The molecule has 0 saturated carbocycles. The van der Waals surface area contributed by atoms with E-state index in [1.54, 1.807) is 18.2 Å². The minimum atomic E-state index is -0.265. The van der Waals surface area contributed by atoms with E-state index in [1.165, 1.54) is 0 Å². The first kappa shape index (κ1) is 22.1. The number of aryl methyl sites for hydroxylation is 1. The van der Waals surface area contributed by atoms with Crippen LogP contribution in [-0.4, -0.2) is 48.0 Å². The highest BCUT2D eigenvalue weighted by molar-refractivity contribution is 7.80. The quantitative estimate of drug-likeness (QED) is 0.701. The maximum absolute atomic E-state index is 12.3. The standard InChI is InChI=1S/C22H25ClN4O2S/c1-3-20(28)27-11-9-26(10-12-27)19-8-7-17(14-18(19)23)24-22(30)25-21(29)16-6-4-5-15(2)13-16/h4-8,13-14H,3,9-12H2,1-2H3,(H2,24,25,29,30). The second kappa shape index (κ2) is 9.91. The van der Waals surface area contributed by atoms with Gasteiger partial charge in [-0.15, -0.1) is 0 Å². The van der Waals surface area contributed by atoms with Crippen molar-refractivity contribution in [1.29, 1.82) is 0 Å². The van der Waals surface area contributed by atoms with Crippen LogP contribution in [0.25, 0.3) is 0 Å². The fourth-order valence-corrected chi connectivity index (χ4v) is 3.90. The predicted octanol–water partition coefficient (Wildman–Crippen LogP) is 3.83. The SMILES string of the molecule is CCC(=O)N1CCN(c2ccc(NC(=S)NC(=O)c3cccc(C)c3)cc2Cl)CC1. The molecule has 2 amide bonds. The zero-order chi connectivity index (χ0) is 21.7. The molecule has 1 aliphatic heterocycles. The molecule has 2 N–H and O–H groups in total. The number of piperazine rings is 1. The van der Waals surface area contributed by atoms with Gasteiger partial charge in [-0.05, 0) is 49.5 Å². The van der Waals surface area contributed by atoms with E-state index in [2.05, 4.69) is 15.5 Å². The molecule has 0 spiro atoms. The molecule has 8 heteroatoms. The number of nitrogens with one attached hydrogen (secondary N) is 2. The summed E-state index contributed by atoms with van der Waals surface area (Å²) in [5.41, 5.74) is 3.16. The number of benzene rings is 2. The van der Waals surface area contributed by atoms with Crippen LogP contribution in [0.5, 0.6) is 0 Å². The third-order valence-electron chi connectivity index (χ3n) is 4.99. The molecular weight excluding hydrogens is 420 g/mol. The Balaban J connectivity index is 1.58. The Hall–Kier alpha value is -2.64. The molecule has 3 rings (SSSR count). The van der Waals surface area contributed by atoms with Crippen molar-refractivity contribution in [3.63, 3.8) is 0 Å². The number of carbonyl (C=O) groups is 2. The van der Waals surface area contributed by atoms with Gasteiger partial charge in [0.05, 0.1) is 10.7 Å². The molecule has 0 radical (unpaired) electrons. The number of hydrogen-bond donors (Lipinski definition) is 2. The van der Waals surface area contributed by atoms with E-state index >= 15 is 0 Å². The number of carbonyl (C=O) groups excluding carboxylic acids is 2.